The summed E-state index contributed by atoms with van der Waals surface area (Å²) in [7, 11) is 0. The highest BCUT2D eigenvalue weighted by atomic mass is 79.9. The molecule has 0 spiro atoms. The van der Waals surface area contributed by atoms with Crippen LogP contribution < -0.4 is 0 Å². The second-order valence-electron chi connectivity index (χ2n) is 3.24. The van der Waals surface area contributed by atoms with Gasteiger partial charge in [0.2, 0.25) is 0 Å². The van der Waals surface area contributed by atoms with Crippen molar-refractivity contribution in [3.05, 3.63) is 34.3 Å². The third-order valence-corrected chi connectivity index (χ3v) is 2.69. The van der Waals surface area contributed by atoms with E-state index in [0.29, 0.717) is 5.92 Å². The van der Waals surface area contributed by atoms with E-state index in [9.17, 15) is 0 Å². The minimum absolute atomic E-state index is 0.697. The minimum Gasteiger partial charge on any atom is -0.0654 e. The third kappa shape index (κ3) is 2.63. The Bertz CT molecular complexity index is 225. The Morgan fingerprint density at radius 1 is 1.25 bits per heavy atom. The van der Waals surface area contributed by atoms with Gasteiger partial charge in [-0.3, -0.25) is 0 Å². The molecular formula is C11H15Br. The lowest BCUT2D eigenvalue weighted by Crippen LogP contribution is -1.91. The normalized spacial score (nSPS) is 12.9. The van der Waals surface area contributed by atoms with Crippen LogP contribution in [0.1, 0.15) is 38.2 Å². The van der Waals surface area contributed by atoms with E-state index in [1.165, 1.54) is 18.4 Å². The zero-order chi connectivity index (χ0) is 8.97. The molecule has 0 unspecified atom stereocenters. The summed E-state index contributed by atoms with van der Waals surface area (Å²) in [6.45, 7) is 4.52. The van der Waals surface area contributed by atoms with Gasteiger partial charge in [0.05, 0.1) is 0 Å². The van der Waals surface area contributed by atoms with Gasteiger partial charge in [-0.2, -0.15) is 0 Å². The molecular weight excluding hydrogens is 212 g/mol. The van der Waals surface area contributed by atoms with Crippen LogP contribution in [0.4, 0.5) is 0 Å². The van der Waals surface area contributed by atoms with Crippen molar-refractivity contribution in [2.45, 2.75) is 32.6 Å². The predicted octanol–water partition coefficient (Wildman–Crippen LogP) is 4.35. The Hall–Kier alpha value is -0.300. The lowest BCUT2D eigenvalue weighted by atomic mass is 9.97. The van der Waals surface area contributed by atoms with Crippen molar-refractivity contribution in [1.82, 2.24) is 0 Å². The molecule has 0 fully saturated rings. The van der Waals surface area contributed by atoms with Gasteiger partial charge in [-0.1, -0.05) is 48.3 Å². The molecule has 12 heavy (non-hydrogen) atoms. The Labute approximate surface area is 83.1 Å². The first-order valence-electron chi connectivity index (χ1n) is 4.49. The maximum atomic E-state index is 3.43. The summed E-state index contributed by atoms with van der Waals surface area (Å²) in [5.74, 6) is 0.697. The smallest absolute Gasteiger partial charge is 0.0175 e. The fraction of sp³-hybridized carbons (Fsp3) is 0.455. The first-order valence-corrected chi connectivity index (χ1v) is 5.28. The molecule has 0 aromatic heterocycles. The summed E-state index contributed by atoms with van der Waals surface area (Å²) >= 11 is 3.43. The molecule has 0 aliphatic heterocycles. The second-order valence-corrected chi connectivity index (χ2v) is 4.16. The summed E-state index contributed by atoms with van der Waals surface area (Å²) in [5.41, 5.74) is 1.44. The van der Waals surface area contributed by atoms with Crippen molar-refractivity contribution in [3.63, 3.8) is 0 Å². The Balaban J connectivity index is 2.68. The molecule has 0 aliphatic rings. The van der Waals surface area contributed by atoms with E-state index in [-0.39, 0.29) is 0 Å². The van der Waals surface area contributed by atoms with Crippen molar-refractivity contribution in [2.24, 2.45) is 0 Å². The number of hydrogen-bond donors (Lipinski definition) is 0. The highest BCUT2D eigenvalue weighted by Gasteiger charge is 2.02. The molecule has 0 amide bonds. The van der Waals surface area contributed by atoms with E-state index < -0.39 is 0 Å². The topological polar surface area (TPSA) is 0 Å². The molecule has 1 rings (SSSR count). The van der Waals surface area contributed by atoms with Gasteiger partial charge >= 0.3 is 0 Å². The Morgan fingerprint density at radius 3 is 2.33 bits per heavy atom. The van der Waals surface area contributed by atoms with Gasteiger partial charge in [0.25, 0.3) is 0 Å². The summed E-state index contributed by atoms with van der Waals surface area (Å²) in [4.78, 5) is 0. The number of benzene rings is 1. The minimum atomic E-state index is 0.697. The molecule has 0 heterocycles. The summed E-state index contributed by atoms with van der Waals surface area (Å²) in [5, 5.41) is 0. The molecule has 0 saturated heterocycles. The van der Waals surface area contributed by atoms with Crippen molar-refractivity contribution < 1.29 is 0 Å². The molecule has 0 bridgehead atoms. The number of hydrogen-bond acceptors (Lipinski definition) is 0. The van der Waals surface area contributed by atoms with Crippen LogP contribution in [0.3, 0.4) is 0 Å². The SMILES string of the molecule is CCC[C@H](C)c1ccc(Br)cc1. The van der Waals surface area contributed by atoms with Crippen molar-refractivity contribution >= 4 is 15.9 Å². The maximum Gasteiger partial charge on any atom is 0.0175 e. The van der Waals surface area contributed by atoms with Crippen LogP contribution >= 0.6 is 15.9 Å². The second kappa shape index (κ2) is 4.66. The lowest BCUT2D eigenvalue weighted by molar-refractivity contribution is 0.665. The van der Waals surface area contributed by atoms with E-state index in [2.05, 4.69) is 54.0 Å². The fourth-order valence-corrected chi connectivity index (χ4v) is 1.66. The van der Waals surface area contributed by atoms with Gasteiger partial charge in [0.1, 0.15) is 0 Å². The van der Waals surface area contributed by atoms with Gasteiger partial charge in [0, 0.05) is 4.47 Å². The van der Waals surface area contributed by atoms with E-state index in [4.69, 9.17) is 0 Å². The summed E-state index contributed by atoms with van der Waals surface area (Å²) in [6.07, 6.45) is 2.54. The third-order valence-electron chi connectivity index (χ3n) is 2.16. The summed E-state index contributed by atoms with van der Waals surface area (Å²) < 4.78 is 1.16. The van der Waals surface area contributed by atoms with Crippen molar-refractivity contribution in [3.8, 4) is 0 Å². The predicted molar refractivity (Wildman–Crippen MR) is 57.5 cm³/mol. The van der Waals surface area contributed by atoms with Crippen LogP contribution in [0.5, 0.6) is 0 Å². The molecule has 0 N–H and O–H groups in total. The largest absolute Gasteiger partial charge is 0.0654 e. The number of rotatable bonds is 3. The van der Waals surface area contributed by atoms with Crippen LogP contribution in [0.15, 0.2) is 28.7 Å². The molecule has 0 saturated carbocycles. The highest BCUT2D eigenvalue weighted by Crippen LogP contribution is 2.21. The average Bonchev–Trinajstić information content (AvgIpc) is 2.06. The molecule has 66 valence electrons. The van der Waals surface area contributed by atoms with E-state index in [1.54, 1.807) is 0 Å². The Kier molecular flexibility index (Phi) is 3.80. The quantitative estimate of drug-likeness (QED) is 0.719. The highest BCUT2D eigenvalue weighted by molar-refractivity contribution is 9.10. The number of halogens is 1. The van der Waals surface area contributed by atoms with Crippen LogP contribution in [0.25, 0.3) is 0 Å². The van der Waals surface area contributed by atoms with Crippen LogP contribution in [0.2, 0.25) is 0 Å². The van der Waals surface area contributed by atoms with Crippen molar-refractivity contribution in [1.29, 1.82) is 0 Å². The zero-order valence-electron chi connectivity index (χ0n) is 7.68. The molecule has 1 atom stereocenters. The van der Waals surface area contributed by atoms with Gasteiger partial charge in [0.15, 0.2) is 0 Å². The molecule has 0 aliphatic carbocycles. The van der Waals surface area contributed by atoms with Gasteiger partial charge in [-0.15, -0.1) is 0 Å². The zero-order valence-corrected chi connectivity index (χ0v) is 9.26. The molecule has 0 nitrogen and oxygen atoms in total. The first kappa shape index (κ1) is 9.79. The van der Waals surface area contributed by atoms with E-state index >= 15 is 0 Å². The molecule has 0 radical (unpaired) electrons. The van der Waals surface area contributed by atoms with Crippen LogP contribution in [-0.2, 0) is 0 Å². The molecule has 1 aromatic carbocycles. The van der Waals surface area contributed by atoms with Crippen LogP contribution in [0, 0.1) is 0 Å². The van der Waals surface area contributed by atoms with Crippen molar-refractivity contribution in [2.75, 3.05) is 0 Å². The van der Waals surface area contributed by atoms with Gasteiger partial charge < -0.3 is 0 Å². The lowest BCUT2D eigenvalue weighted by Gasteiger charge is -2.09. The Morgan fingerprint density at radius 2 is 1.83 bits per heavy atom. The fourth-order valence-electron chi connectivity index (χ4n) is 1.39. The van der Waals surface area contributed by atoms with E-state index in [0.717, 1.165) is 4.47 Å². The van der Waals surface area contributed by atoms with Crippen LogP contribution in [-0.4, -0.2) is 0 Å². The molecule has 1 aromatic rings. The molecule has 1 heteroatoms. The monoisotopic (exact) mass is 226 g/mol. The maximum absolute atomic E-state index is 3.43. The standard InChI is InChI=1S/C11H15Br/c1-3-4-9(2)10-5-7-11(12)8-6-10/h5-9H,3-4H2,1-2H3/t9-/m0/s1. The van der Waals surface area contributed by atoms with E-state index in [1.807, 2.05) is 0 Å². The average molecular weight is 227 g/mol. The van der Waals surface area contributed by atoms with Gasteiger partial charge in [-0.05, 0) is 30.0 Å². The first-order chi connectivity index (χ1) is 5.74. The van der Waals surface area contributed by atoms with Gasteiger partial charge in [-0.25, -0.2) is 0 Å². The summed E-state index contributed by atoms with van der Waals surface area (Å²) in [6, 6.07) is 8.62.